The molecule has 0 saturated heterocycles. The Kier molecular flexibility index (Phi) is 7.53. The molecule has 0 saturated carbocycles. The van der Waals surface area contributed by atoms with E-state index in [1.54, 1.807) is 14.2 Å². The Bertz CT molecular complexity index is 382. The van der Waals surface area contributed by atoms with Gasteiger partial charge in [0.05, 0.1) is 26.4 Å². The maximum Gasteiger partial charge on any atom is 0.220 e. The largest absolute Gasteiger partial charge is 0.482 e. The van der Waals surface area contributed by atoms with Crippen molar-refractivity contribution in [3.05, 3.63) is 11.5 Å². The minimum absolute atomic E-state index is 0.143. The van der Waals surface area contributed by atoms with Gasteiger partial charge in [0.15, 0.2) is 12.2 Å². The lowest BCUT2D eigenvalue weighted by Crippen LogP contribution is -2.48. The Labute approximate surface area is 128 Å². The zero-order valence-electron chi connectivity index (χ0n) is 14.2. The van der Waals surface area contributed by atoms with Crippen molar-refractivity contribution in [2.24, 2.45) is 4.99 Å². The highest BCUT2D eigenvalue weighted by atomic mass is 16.5. The molecule has 0 fully saturated rings. The van der Waals surface area contributed by atoms with Crippen LogP contribution in [0.3, 0.4) is 0 Å². The van der Waals surface area contributed by atoms with Gasteiger partial charge >= 0.3 is 0 Å². The third-order valence-corrected chi connectivity index (χ3v) is 3.49. The van der Waals surface area contributed by atoms with Crippen LogP contribution in [0.4, 0.5) is 0 Å². The Morgan fingerprint density at radius 3 is 2.43 bits per heavy atom. The van der Waals surface area contributed by atoms with E-state index in [0.29, 0.717) is 12.5 Å². The van der Waals surface area contributed by atoms with Gasteiger partial charge in [-0.15, -0.1) is 0 Å². The monoisotopic (exact) mass is 299 g/mol. The molecule has 0 spiro atoms. The number of nitrogens with zero attached hydrogens (tertiary/aromatic N) is 3. The molecule has 0 amide bonds. The number of rotatable bonds is 8. The summed E-state index contributed by atoms with van der Waals surface area (Å²) in [5.41, 5.74) is 0.995. The molecule has 0 bridgehead atoms. The van der Waals surface area contributed by atoms with E-state index in [1.165, 1.54) is 0 Å². The lowest BCUT2D eigenvalue weighted by molar-refractivity contribution is 0.0290. The highest BCUT2D eigenvalue weighted by Crippen LogP contribution is 2.24. The topological polar surface area (TPSA) is 46.5 Å². The minimum Gasteiger partial charge on any atom is -0.482 e. The Balaban J connectivity index is 2.79. The maximum atomic E-state index is 5.55. The zero-order chi connectivity index (χ0) is 15.8. The predicted octanol–water partition coefficient (Wildman–Crippen LogP) is 1.89. The normalized spacial score (nSPS) is 19.1. The SMILES string of the molecule is CCCOCCN(C)C1N=C(OC)C(CC)=C(OC)N1C. The molecule has 0 aromatic heterocycles. The second-order valence-electron chi connectivity index (χ2n) is 5.03. The molecule has 122 valence electrons. The van der Waals surface area contributed by atoms with E-state index >= 15 is 0 Å². The summed E-state index contributed by atoms with van der Waals surface area (Å²) in [6.07, 6.45) is 1.71. The van der Waals surface area contributed by atoms with Crippen LogP contribution >= 0.6 is 0 Å². The second-order valence-corrected chi connectivity index (χ2v) is 5.03. The van der Waals surface area contributed by atoms with Gasteiger partial charge in [-0.05, 0) is 19.9 Å². The first-order valence-electron chi connectivity index (χ1n) is 7.50. The first kappa shape index (κ1) is 17.8. The Morgan fingerprint density at radius 1 is 1.19 bits per heavy atom. The molecule has 1 unspecified atom stereocenters. The first-order chi connectivity index (χ1) is 10.1. The van der Waals surface area contributed by atoms with Gasteiger partial charge in [0.2, 0.25) is 5.90 Å². The summed E-state index contributed by atoms with van der Waals surface area (Å²) >= 11 is 0. The van der Waals surface area contributed by atoms with Crippen molar-refractivity contribution in [3.8, 4) is 0 Å². The molecule has 1 aliphatic heterocycles. The van der Waals surface area contributed by atoms with Crippen LogP contribution in [-0.4, -0.2) is 70.1 Å². The van der Waals surface area contributed by atoms with Gasteiger partial charge in [-0.2, -0.15) is 0 Å². The maximum absolute atomic E-state index is 5.55. The van der Waals surface area contributed by atoms with Crippen molar-refractivity contribution in [1.82, 2.24) is 9.80 Å². The van der Waals surface area contributed by atoms with Crippen LogP contribution in [0.5, 0.6) is 0 Å². The summed E-state index contributed by atoms with van der Waals surface area (Å²) in [4.78, 5) is 8.84. The molecular formula is C15H29N3O3. The molecule has 21 heavy (non-hydrogen) atoms. The van der Waals surface area contributed by atoms with E-state index in [1.807, 2.05) is 19.0 Å². The Morgan fingerprint density at radius 2 is 1.90 bits per heavy atom. The number of aliphatic imine (C=N–C) groups is 1. The lowest BCUT2D eigenvalue weighted by Gasteiger charge is -2.38. The van der Waals surface area contributed by atoms with Gasteiger partial charge in [-0.3, -0.25) is 4.90 Å². The van der Waals surface area contributed by atoms with Gasteiger partial charge in [0.1, 0.15) is 0 Å². The molecule has 1 rings (SSSR count). The van der Waals surface area contributed by atoms with E-state index < -0.39 is 0 Å². The number of likely N-dealkylation sites (N-methyl/N-ethyl adjacent to an activating group) is 1. The summed E-state index contributed by atoms with van der Waals surface area (Å²) in [6, 6.07) is 0. The van der Waals surface area contributed by atoms with E-state index in [2.05, 4.69) is 23.7 Å². The minimum atomic E-state index is -0.143. The number of methoxy groups -OCH3 is 2. The number of hydrogen-bond donors (Lipinski definition) is 0. The van der Waals surface area contributed by atoms with Crippen LogP contribution < -0.4 is 0 Å². The summed E-state index contributed by atoms with van der Waals surface area (Å²) < 4.78 is 16.5. The standard InChI is InChI=1S/C15H29N3O3/c1-7-10-21-11-9-17(3)15-16-13(19-5)12(8-2)14(20-6)18(15)4/h15H,7-11H2,1-6H3. The van der Waals surface area contributed by atoms with Crippen LogP contribution in [0, 0.1) is 0 Å². The van der Waals surface area contributed by atoms with Gasteiger partial charge in [-0.1, -0.05) is 13.8 Å². The van der Waals surface area contributed by atoms with Crippen LogP contribution in [0.15, 0.2) is 16.4 Å². The van der Waals surface area contributed by atoms with Crippen molar-refractivity contribution in [2.45, 2.75) is 33.0 Å². The zero-order valence-corrected chi connectivity index (χ0v) is 14.2. The third kappa shape index (κ3) is 4.35. The van der Waals surface area contributed by atoms with Crippen molar-refractivity contribution in [1.29, 1.82) is 0 Å². The number of hydrogen-bond acceptors (Lipinski definition) is 6. The van der Waals surface area contributed by atoms with Crippen LogP contribution in [0.25, 0.3) is 0 Å². The van der Waals surface area contributed by atoms with Crippen LogP contribution in [-0.2, 0) is 14.2 Å². The van der Waals surface area contributed by atoms with Crippen molar-refractivity contribution in [3.63, 3.8) is 0 Å². The molecule has 1 heterocycles. The summed E-state index contributed by atoms with van der Waals surface area (Å²) in [6.45, 7) is 6.46. The summed E-state index contributed by atoms with van der Waals surface area (Å²) in [5, 5.41) is 0. The van der Waals surface area contributed by atoms with Gasteiger partial charge in [-0.25, -0.2) is 4.99 Å². The fourth-order valence-corrected chi connectivity index (χ4v) is 2.39. The highest BCUT2D eigenvalue weighted by molar-refractivity contribution is 5.94. The molecule has 0 aromatic rings. The predicted molar refractivity (Wildman–Crippen MR) is 84.1 cm³/mol. The Hall–Kier alpha value is -1.27. The molecule has 1 aliphatic rings. The van der Waals surface area contributed by atoms with Crippen molar-refractivity contribution >= 4 is 5.90 Å². The first-order valence-corrected chi connectivity index (χ1v) is 7.50. The molecule has 0 radical (unpaired) electrons. The quantitative estimate of drug-likeness (QED) is 0.641. The van der Waals surface area contributed by atoms with E-state index in [-0.39, 0.29) is 6.29 Å². The molecular weight excluding hydrogens is 270 g/mol. The van der Waals surface area contributed by atoms with E-state index in [0.717, 1.165) is 37.4 Å². The highest BCUT2D eigenvalue weighted by Gasteiger charge is 2.31. The number of ether oxygens (including phenoxy) is 3. The van der Waals surface area contributed by atoms with E-state index in [9.17, 15) is 0 Å². The molecule has 1 atom stereocenters. The summed E-state index contributed by atoms with van der Waals surface area (Å²) in [7, 11) is 7.34. The lowest BCUT2D eigenvalue weighted by atomic mass is 10.2. The summed E-state index contributed by atoms with van der Waals surface area (Å²) in [5.74, 6) is 1.47. The molecule has 6 heteroatoms. The second kappa shape index (κ2) is 8.89. The van der Waals surface area contributed by atoms with Gasteiger partial charge in [0, 0.05) is 20.2 Å². The third-order valence-electron chi connectivity index (χ3n) is 3.49. The average molecular weight is 299 g/mol. The van der Waals surface area contributed by atoms with Crippen LogP contribution in [0.1, 0.15) is 26.7 Å². The fourth-order valence-electron chi connectivity index (χ4n) is 2.39. The van der Waals surface area contributed by atoms with Gasteiger partial charge < -0.3 is 19.1 Å². The molecule has 0 aromatic carbocycles. The molecule has 0 N–H and O–H groups in total. The average Bonchev–Trinajstić information content (AvgIpc) is 2.50. The van der Waals surface area contributed by atoms with E-state index in [4.69, 9.17) is 14.2 Å². The van der Waals surface area contributed by atoms with Gasteiger partial charge in [0.25, 0.3) is 0 Å². The molecule has 0 aliphatic carbocycles. The molecule has 6 nitrogen and oxygen atoms in total. The van der Waals surface area contributed by atoms with Crippen molar-refractivity contribution in [2.75, 3.05) is 48.1 Å². The fraction of sp³-hybridized carbons (Fsp3) is 0.800. The van der Waals surface area contributed by atoms with Crippen LogP contribution in [0.2, 0.25) is 0 Å². The van der Waals surface area contributed by atoms with Crippen molar-refractivity contribution < 1.29 is 14.2 Å². The smallest absolute Gasteiger partial charge is 0.220 e.